The van der Waals surface area contributed by atoms with E-state index < -0.39 is 11.8 Å². The van der Waals surface area contributed by atoms with Crippen molar-refractivity contribution in [3.05, 3.63) is 42.5 Å². The van der Waals surface area contributed by atoms with E-state index >= 15 is 0 Å². The van der Waals surface area contributed by atoms with Crippen molar-refractivity contribution in [2.24, 2.45) is 0 Å². The fourth-order valence-corrected chi connectivity index (χ4v) is 1.29. The molecule has 0 spiro atoms. The Balaban J connectivity index is 2.46. The van der Waals surface area contributed by atoms with Crippen LogP contribution in [-0.2, 0) is 16.1 Å². The Kier molecular flexibility index (Phi) is 5.44. The topological polar surface area (TPSA) is 67.4 Å². The minimum absolute atomic E-state index is 0.269. The maximum absolute atomic E-state index is 11.4. The number of amides is 2. The molecular weight excluding hydrogens is 232 g/mol. The van der Waals surface area contributed by atoms with Gasteiger partial charge in [-0.3, -0.25) is 9.59 Å². The summed E-state index contributed by atoms with van der Waals surface area (Å²) in [7, 11) is 1.57. The molecule has 0 bridgehead atoms. The molecule has 0 unspecified atom stereocenters. The predicted octanol–water partition coefficient (Wildman–Crippen LogP) is 0.614. The van der Waals surface area contributed by atoms with Gasteiger partial charge in [0, 0.05) is 13.1 Å². The van der Waals surface area contributed by atoms with Crippen LogP contribution in [0.25, 0.3) is 0 Å². The van der Waals surface area contributed by atoms with Gasteiger partial charge in [-0.05, 0) is 17.7 Å². The normalized spacial score (nSPS) is 9.39. The van der Waals surface area contributed by atoms with Gasteiger partial charge in [0.15, 0.2) is 0 Å². The molecule has 0 aromatic heterocycles. The van der Waals surface area contributed by atoms with Gasteiger partial charge >= 0.3 is 11.8 Å². The van der Waals surface area contributed by atoms with Crippen LogP contribution in [0, 0.1) is 0 Å². The van der Waals surface area contributed by atoms with E-state index in [9.17, 15) is 9.59 Å². The van der Waals surface area contributed by atoms with Crippen molar-refractivity contribution in [3.8, 4) is 5.75 Å². The van der Waals surface area contributed by atoms with Crippen LogP contribution >= 0.6 is 0 Å². The van der Waals surface area contributed by atoms with Crippen LogP contribution in [-0.4, -0.2) is 25.5 Å². The monoisotopic (exact) mass is 248 g/mol. The van der Waals surface area contributed by atoms with Gasteiger partial charge in [-0.25, -0.2) is 0 Å². The summed E-state index contributed by atoms with van der Waals surface area (Å²) in [6, 6.07) is 7.26. The van der Waals surface area contributed by atoms with Crippen molar-refractivity contribution >= 4 is 11.8 Å². The van der Waals surface area contributed by atoms with Gasteiger partial charge in [-0.2, -0.15) is 0 Å². The number of rotatable bonds is 5. The molecule has 0 aliphatic heterocycles. The predicted molar refractivity (Wildman–Crippen MR) is 68.0 cm³/mol. The summed E-state index contributed by atoms with van der Waals surface area (Å²) in [6.07, 6.45) is 1.51. The second-order valence-corrected chi connectivity index (χ2v) is 3.53. The second kappa shape index (κ2) is 7.11. The van der Waals surface area contributed by atoms with Crippen molar-refractivity contribution in [2.45, 2.75) is 6.54 Å². The fraction of sp³-hybridized carbons (Fsp3) is 0.231. The Morgan fingerprint density at radius 3 is 2.72 bits per heavy atom. The van der Waals surface area contributed by atoms with Gasteiger partial charge in [-0.15, -0.1) is 6.58 Å². The fourth-order valence-electron chi connectivity index (χ4n) is 1.29. The van der Waals surface area contributed by atoms with E-state index in [-0.39, 0.29) is 13.1 Å². The van der Waals surface area contributed by atoms with Gasteiger partial charge in [-0.1, -0.05) is 18.2 Å². The van der Waals surface area contributed by atoms with Gasteiger partial charge < -0.3 is 15.4 Å². The summed E-state index contributed by atoms with van der Waals surface area (Å²) in [4.78, 5) is 22.6. The van der Waals surface area contributed by atoms with E-state index in [0.717, 1.165) is 5.56 Å². The highest BCUT2D eigenvalue weighted by molar-refractivity contribution is 6.35. The SMILES string of the molecule is C=CCNC(=O)C(=O)NCc1cccc(OC)c1. The molecule has 0 atom stereocenters. The van der Waals surface area contributed by atoms with E-state index in [2.05, 4.69) is 17.2 Å². The second-order valence-electron chi connectivity index (χ2n) is 3.53. The summed E-state index contributed by atoms with van der Waals surface area (Å²) in [5, 5.41) is 4.92. The van der Waals surface area contributed by atoms with E-state index in [0.29, 0.717) is 5.75 Å². The first-order valence-electron chi connectivity index (χ1n) is 5.47. The number of hydrogen-bond donors (Lipinski definition) is 2. The van der Waals surface area contributed by atoms with Gasteiger partial charge in [0.05, 0.1) is 7.11 Å². The number of nitrogens with one attached hydrogen (secondary N) is 2. The molecule has 0 saturated heterocycles. The molecule has 0 saturated carbocycles. The molecule has 2 amide bonds. The molecule has 5 nitrogen and oxygen atoms in total. The summed E-state index contributed by atoms with van der Waals surface area (Å²) >= 11 is 0. The van der Waals surface area contributed by atoms with Crippen LogP contribution in [0.2, 0.25) is 0 Å². The zero-order chi connectivity index (χ0) is 13.4. The maximum atomic E-state index is 11.4. The molecular formula is C13H16N2O3. The molecule has 0 heterocycles. The third kappa shape index (κ3) is 4.29. The van der Waals surface area contributed by atoms with Gasteiger partial charge in [0.25, 0.3) is 0 Å². The van der Waals surface area contributed by atoms with Crippen molar-refractivity contribution in [1.82, 2.24) is 10.6 Å². The standard InChI is InChI=1S/C13H16N2O3/c1-3-7-14-12(16)13(17)15-9-10-5-4-6-11(8-10)18-2/h3-6,8H,1,7,9H2,2H3,(H,14,16)(H,15,17). The minimum Gasteiger partial charge on any atom is -0.497 e. The maximum Gasteiger partial charge on any atom is 0.309 e. The minimum atomic E-state index is -0.669. The highest BCUT2D eigenvalue weighted by Crippen LogP contribution is 2.11. The van der Waals surface area contributed by atoms with Gasteiger partial charge in [0.1, 0.15) is 5.75 Å². The Morgan fingerprint density at radius 1 is 1.33 bits per heavy atom. The van der Waals surface area contributed by atoms with Crippen molar-refractivity contribution in [1.29, 1.82) is 0 Å². The number of hydrogen-bond acceptors (Lipinski definition) is 3. The molecule has 0 aliphatic rings. The Morgan fingerprint density at radius 2 is 2.06 bits per heavy atom. The Hall–Kier alpha value is -2.30. The summed E-state index contributed by atoms with van der Waals surface area (Å²) < 4.78 is 5.06. The van der Waals surface area contributed by atoms with E-state index in [1.54, 1.807) is 13.2 Å². The number of ether oxygens (including phenoxy) is 1. The average molecular weight is 248 g/mol. The summed E-state index contributed by atoms with van der Waals surface area (Å²) in [6.45, 7) is 3.99. The van der Waals surface area contributed by atoms with Crippen LogP contribution in [0.3, 0.4) is 0 Å². The van der Waals surface area contributed by atoms with Crippen LogP contribution in [0.4, 0.5) is 0 Å². The smallest absolute Gasteiger partial charge is 0.309 e. The molecule has 1 aromatic carbocycles. The van der Waals surface area contributed by atoms with Gasteiger partial charge in [0.2, 0.25) is 0 Å². The van der Waals surface area contributed by atoms with Crippen LogP contribution < -0.4 is 15.4 Å². The first kappa shape index (κ1) is 13.8. The van der Waals surface area contributed by atoms with Crippen molar-refractivity contribution < 1.29 is 14.3 Å². The van der Waals surface area contributed by atoms with Crippen LogP contribution in [0.15, 0.2) is 36.9 Å². The number of benzene rings is 1. The van der Waals surface area contributed by atoms with Crippen molar-refractivity contribution in [2.75, 3.05) is 13.7 Å². The highest BCUT2D eigenvalue weighted by Gasteiger charge is 2.11. The molecule has 2 N–H and O–H groups in total. The first-order valence-corrected chi connectivity index (χ1v) is 5.47. The number of carbonyl (C=O) groups excluding carboxylic acids is 2. The third-order valence-corrected chi connectivity index (χ3v) is 2.20. The third-order valence-electron chi connectivity index (χ3n) is 2.20. The first-order chi connectivity index (χ1) is 8.67. The van der Waals surface area contributed by atoms with Crippen LogP contribution in [0.5, 0.6) is 5.75 Å². The molecule has 18 heavy (non-hydrogen) atoms. The van der Waals surface area contributed by atoms with E-state index in [4.69, 9.17) is 4.74 Å². The molecule has 1 aromatic rings. The lowest BCUT2D eigenvalue weighted by molar-refractivity contribution is -0.139. The number of methoxy groups -OCH3 is 1. The molecule has 0 aliphatic carbocycles. The lowest BCUT2D eigenvalue weighted by atomic mass is 10.2. The zero-order valence-corrected chi connectivity index (χ0v) is 10.2. The number of carbonyl (C=O) groups is 2. The Bertz CT molecular complexity index is 444. The summed E-state index contributed by atoms with van der Waals surface area (Å²) in [5.74, 6) is -0.629. The molecule has 96 valence electrons. The van der Waals surface area contributed by atoms with E-state index in [1.807, 2.05) is 18.2 Å². The molecule has 1 rings (SSSR count). The quantitative estimate of drug-likeness (QED) is 0.592. The lowest BCUT2D eigenvalue weighted by Gasteiger charge is -2.06. The highest BCUT2D eigenvalue weighted by atomic mass is 16.5. The Labute approximate surface area is 106 Å². The summed E-state index contributed by atoms with van der Waals surface area (Å²) in [5.41, 5.74) is 0.860. The largest absolute Gasteiger partial charge is 0.497 e. The van der Waals surface area contributed by atoms with Crippen molar-refractivity contribution in [3.63, 3.8) is 0 Å². The molecule has 0 radical (unpaired) electrons. The van der Waals surface area contributed by atoms with Crippen LogP contribution in [0.1, 0.15) is 5.56 Å². The molecule has 5 heteroatoms. The molecule has 0 fully saturated rings. The lowest BCUT2D eigenvalue weighted by Crippen LogP contribution is -2.39. The van der Waals surface area contributed by atoms with E-state index in [1.165, 1.54) is 6.08 Å². The average Bonchev–Trinajstić information content (AvgIpc) is 2.42. The zero-order valence-electron chi connectivity index (χ0n) is 10.2.